The molecule has 1 N–H and O–H groups in total. The number of benzene rings is 1. The largest absolute Gasteiger partial charge is 0.480 e. The second-order valence-corrected chi connectivity index (χ2v) is 6.86. The maximum Gasteiger partial charge on any atom is 0.318 e. The zero-order valence-corrected chi connectivity index (χ0v) is 12.7. The highest BCUT2D eigenvalue weighted by molar-refractivity contribution is 9.10. The van der Waals surface area contributed by atoms with Gasteiger partial charge in [-0.2, -0.15) is 4.31 Å². The van der Waals surface area contributed by atoms with Crippen LogP contribution in [0.15, 0.2) is 27.6 Å². The van der Waals surface area contributed by atoms with E-state index in [1.165, 1.54) is 12.1 Å². The number of aliphatic carboxylic acids is 1. The minimum atomic E-state index is -4.04. The number of sulfonamides is 1. The normalized spacial score (nSPS) is 12.1. The summed E-state index contributed by atoms with van der Waals surface area (Å²) in [5.74, 6) is -1.99. The molecule has 0 unspecified atom stereocenters. The zero-order valence-electron chi connectivity index (χ0n) is 10.3. The summed E-state index contributed by atoms with van der Waals surface area (Å²) in [7, 11) is -4.04. The van der Waals surface area contributed by atoms with Crippen molar-refractivity contribution in [2.45, 2.75) is 24.8 Å². The molecule has 1 aromatic carbocycles. The summed E-state index contributed by atoms with van der Waals surface area (Å²) >= 11 is 2.92. The highest BCUT2D eigenvalue weighted by Crippen LogP contribution is 2.23. The molecule has 0 heterocycles. The molecule has 0 spiro atoms. The van der Waals surface area contributed by atoms with Gasteiger partial charge in [-0.1, -0.05) is 0 Å². The van der Waals surface area contributed by atoms with Gasteiger partial charge in [-0.15, -0.1) is 0 Å². The fraction of sp³-hybridized carbons (Fsp3) is 0.364. The van der Waals surface area contributed by atoms with Crippen molar-refractivity contribution in [2.75, 3.05) is 6.54 Å². The summed E-state index contributed by atoms with van der Waals surface area (Å²) in [5, 5.41) is 8.75. The summed E-state index contributed by atoms with van der Waals surface area (Å²) in [6.45, 7) is 2.43. The Morgan fingerprint density at radius 2 is 2.05 bits per heavy atom. The Hall–Kier alpha value is -0.990. The third-order valence-electron chi connectivity index (χ3n) is 2.36. The number of rotatable bonds is 5. The highest BCUT2D eigenvalue weighted by atomic mass is 79.9. The number of nitrogens with zero attached hydrogens (tertiary/aromatic N) is 1. The van der Waals surface area contributed by atoms with Gasteiger partial charge in [0.15, 0.2) is 0 Å². The molecule has 1 aromatic rings. The highest BCUT2D eigenvalue weighted by Gasteiger charge is 2.29. The SMILES string of the molecule is CC(C)N(CC(=O)O)S(=O)(=O)c1ccc(Br)c(F)c1. The fourth-order valence-electron chi connectivity index (χ4n) is 1.45. The first-order valence-corrected chi connectivity index (χ1v) is 7.58. The molecule has 19 heavy (non-hydrogen) atoms. The first-order chi connectivity index (χ1) is 8.66. The maximum absolute atomic E-state index is 13.4. The van der Waals surface area contributed by atoms with Crippen molar-refractivity contribution >= 4 is 31.9 Å². The lowest BCUT2D eigenvalue weighted by Crippen LogP contribution is -2.40. The molecule has 0 saturated heterocycles. The fourth-order valence-corrected chi connectivity index (χ4v) is 3.30. The van der Waals surface area contributed by atoms with E-state index in [1.807, 2.05) is 0 Å². The van der Waals surface area contributed by atoms with Crippen molar-refractivity contribution in [3.8, 4) is 0 Å². The molecular formula is C11H13BrFNO4S. The van der Waals surface area contributed by atoms with Crippen LogP contribution in [-0.4, -0.2) is 36.4 Å². The number of carboxylic acids is 1. The van der Waals surface area contributed by atoms with Gasteiger partial charge in [0.25, 0.3) is 0 Å². The quantitative estimate of drug-likeness (QED) is 0.879. The van der Waals surface area contributed by atoms with Crippen LogP contribution < -0.4 is 0 Å². The summed E-state index contributed by atoms with van der Waals surface area (Å²) in [6, 6.07) is 2.80. The predicted molar refractivity (Wildman–Crippen MR) is 70.8 cm³/mol. The summed E-state index contributed by atoms with van der Waals surface area (Å²) < 4.78 is 38.8. The first kappa shape index (κ1) is 16.1. The van der Waals surface area contributed by atoms with Crippen molar-refractivity contribution in [3.63, 3.8) is 0 Å². The van der Waals surface area contributed by atoms with Crippen molar-refractivity contribution < 1.29 is 22.7 Å². The summed E-state index contributed by atoms with van der Waals surface area (Å²) in [5.41, 5.74) is 0. The van der Waals surface area contributed by atoms with E-state index in [9.17, 15) is 17.6 Å². The van der Waals surface area contributed by atoms with E-state index in [2.05, 4.69) is 15.9 Å². The van der Waals surface area contributed by atoms with E-state index < -0.39 is 34.4 Å². The standard InChI is InChI=1S/C11H13BrFNO4S/c1-7(2)14(6-11(15)16)19(17,18)8-3-4-9(12)10(13)5-8/h3-5,7H,6H2,1-2H3,(H,15,16). The Kier molecular flexibility index (Phi) is 5.05. The molecule has 0 atom stereocenters. The van der Waals surface area contributed by atoms with Crippen LogP contribution in [0.5, 0.6) is 0 Å². The number of carboxylic acid groups (broad SMARTS) is 1. The molecule has 8 heteroatoms. The zero-order chi connectivity index (χ0) is 14.8. The predicted octanol–water partition coefficient (Wildman–Crippen LogP) is 2.07. The third-order valence-corrected chi connectivity index (χ3v) is 5.03. The molecule has 0 fully saturated rings. The van der Waals surface area contributed by atoms with Crippen LogP contribution in [0.3, 0.4) is 0 Å². The molecule has 0 aliphatic carbocycles. The van der Waals surface area contributed by atoms with Crippen LogP contribution in [0, 0.1) is 5.82 Å². The lowest BCUT2D eigenvalue weighted by Gasteiger charge is -2.24. The van der Waals surface area contributed by atoms with Gasteiger partial charge in [0.1, 0.15) is 12.4 Å². The second kappa shape index (κ2) is 5.98. The first-order valence-electron chi connectivity index (χ1n) is 5.35. The topological polar surface area (TPSA) is 74.7 Å². The van der Waals surface area contributed by atoms with E-state index >= 15 is 0 Å². The molecule has 0 saturated carbocycles. The molecule has 1 rings (SSSR count). The summed E-state index contributed by atoms with van der Waals surface area (Å²) in [6.07, 6.45) is 0. The van der Waals surface area contributed by atoms with E-state index in [0.717, 1.165) is 10.4 Å². The molecule has 0 aliphatic rings. The van der Waals surface area contributed by atoms with Gasteiger partial charge < -0.3 is 5.11 Å². The van der Waals surface area contributed by atoms with Gasteiger partial charge >= 0.3 is 5.97 Å². The van der Waals surface area contributed by atoms with Crippen LogP contribution >= 0.6 is 15.9 Å². The lowest BCUT2D eigenvalue weighted by molar-refractivity contribution is -0.137. The van der Waals surface area contributed by atoms with E-state index in [0.29, 0.717) is 0 Å². The van der Waals surface area contributed by atoms with Gasteiger partial charge in [-0.3, -0.25) is 4.79 Å². The maximum atomic E-state index is 13.4. The lowest BCUT2D eigenvalue weighted by atomic mass is 10.3. The number of hydrogen-bond donors (Lipinski definition) is 1. The average Bonchev–Trinajstić information content (AvgIpc) is 2.28. The van der Waals surface area contributed by atoms with Crippen LogP contribution in [0.1, 0.15) is 13.8 Å². The molecule has 0 aromatic heterocycles. The minimum absolute atomic E-state index is 0.140. The minimum Gasteiger partial charge on any atom is -0.480 e. The average molecular weight is 354 g/mol. The Labute approximate surface area is 119 Å². The Bertz CT molecular complexity index is 588. The molecule has 0 amide bonds. The number of carbonyl (C=O) groups is 1. The Balaban J connectivity index is 3.26. The van der Waals surface area contributed by atoms with Crippen molar-refractivity contribution in [3.05, 3.63) is 28.5 Å². The molecule has 0 aliphatic heterocycles. The molecule has 0 radical (unpaired) electrons. The van der Waals surface area contributed by atoms with Crippen LogP contribution in [0.2, 0.25) is 0 Å². The second-order valence-electron chi connectivity index (χ2n) is 4.11. The van der Waals surface area contributed by atoms with Crippen molar-refractivity contribution in [1.29, 1.82) is 0 Å². The molecule has 5 nitrogen and oxygen atoms in total. The van der Waals surface area contributed by atoms with E-state index in [1.54, 1.807) is 13.8 Å². The third kappa shape index (κ3) is 3.74. The van der Waals surface area contributed by atoms with Gasteiger partial charge in [0, 0.05) is 6.04 Å². The number of hydrogen-bond acceptors (Lipinski definition) is 3. The Morgan fingerprint density at radius 3 is 2.47 bits per heavy atom. The molecular weight excluding hydrogens is 341 g/mol. The summed E-state index contributed by atoms with van der Waals surface area (Å²) in [4.78, 5) is 10.5. The van der Waals surface area contributed by atoms with E-state index in [-0.39, 0.29) is 9.37 Å². The monoisotopic (exact) mass is 353 g/mol. The van der Waals surface area contributed by atoms with Gasteiger partial charge in [0.05, 0.1) is 9.37 Å². The van der Waals surface area contributed by atoms with Crippen LogP contribution in [0.4, 0.5) is 4.39 Å². The smallest absolute Gasteiger partial charge is 0.318 e. The van der Waals surface area contributed by atoms with Gasteiger partial charge in [-0.25, -0.2) is 12.8 Å². The van der Waals surface area contributed by atoms with Gasteiger partial charge in [-0.05, 0) is 48.0 Å². The van der Waals surface area contributed by atoms with Crippen LogP contribution in [0.25, 0.3) is 0 Å². The number of halogens is 2. The van der Waals surface area contributed by atoms with Crippen molar-refractivity contribution in [2.24, 2.45) is 0 Å². The van der Waals surface area contributed by atoms with E-state index in [4.69, 9.17) is 5.11 Å². The molecule has 106 valence electrons. The van der Waals surface area contributed by atoms with Crippen molar-refractivity contribution in [1.82, 2.24) is 4.31 Å². The Morgan fingerprint density at radius 1 is 1.47 bits per heavy atom. The van der Waals surface area contributed by atoms with Gasteiger partial charge in [0.2, 0.25) is 10.0 Å². The van der Waals surface area contributed by atoms with Crippen LogP contribution in [-0.2, 0) is 14.8 Å². The molecule has 0 bridgehead atoms.